The molecule has 4 rings (SSSR count). The molecule has 2 aromatic rings. The molecule has 2 aromatic heterocycles. The van der Waals surface area contributed by atoms with Crippen LogP contribution in [-0.2, 0) is 4.79 Å². The van der Waals surface area contributed by atoms with E-state index < -0.39 is 11.8 Å². The first-order valence-corrected chi connectivity index (χ1v) is 8.99. The molecule has 0 radical (unpaired) electrons. The van der Waals surface area contributed by atoms with Gasteiger partial charge in [0.15, 0.2) is 0 Å². The van der Waals surface area contributed by atoms with Crippen molar-refractivity contribution in [1.29, 1.82) is 0 Å². The fourth-order valence-corrected chi connectivity index (χ4v) is 3.78. The molecule has 1 N–H and O–H groups in total. The lowest BCUT2D eigenvalue weighted by Crippen LogP contribution is -2.48. The normalized spacial score (nSPS) is 25.5. The Morgan fingerprint density at radius 1 is 1.23 bits per heavy atom. The van der Waals surface area contributed by atoms with E-state index in [0.29, 0.717) is 0 Å². The predicted octanol–water partition coefficient (Wildman–Crippen LogP) is 2.99. The Labute approximate surface area is 150 Å². The van der Waals surface area contributed by atoms with Crippen LogP contribution < -0.4 is 5.32 Å². The maximum absolute atomic E-state index is 12.9. The zero-order valence-corrected chi connectivity index (χ0v) is 14.3. The van der Waals surface area contributed by atoms with Crippen molar-refractivity contribution in [3.05, 3.63) is 31.0 Å². The number of halogens is 2. The molecule has 26 heavy (non-hydrogen) atoms. The van der Waals surface area contributed by atoms with Gasteiger partial charge in [0.2, 0.25) is 11.8 Å². The largest absolute Gasteiger partial charge is 0.353 e. The SMILES string of the molecule is O=C(NC1CCC(n2cc(-c3ccncn3)cn2)CC1)C1CC(F)(F)C1. The summed E-state index contributed by atoms with van der Waals surface area (Å²) in [5.74, 6) is -3.39. The van der Waals surface area contributed by atoms with E-state index in [1.165, 1.54) is 6.33 Å². The minimum atomic E-state index is -2.65. The number of nitrogens with one attached hydrogen (secondary N) is 1. The summed E-state index contributed by atoms with van der Waals surface area (Å²) in [6, 6.07) is 2.20. The third-order valence-corrected chi connectivity index (χ3v) is 5.36. The standard InChI is InChI=1S/C18H21F2N5O/c19-18(20)7-12(8-18)17(26)24-14-1-3-15(4-2-14)25-10-13(9-23-25)16-5-6-21-11-22-16/h5-6,9-12,14-15H,1-4,7-8H2,(H,24,26). The molecule has 6 nitrogen and oxygen atoms in total. The summed E-state index contributed by atoms with van der Waals surface area (Å²) in [5, 5.41) is 7.40. The molecule has 138 valence electrons. The second-order valence-corrected chi connectivity index (χ2v) is 7.28. The lowest BCUT2D eigenvalue weighted by Gasteiger charge is -2.36. The Hall–Kier alpha value is -2.38. The molecule has 0 spiro atoms. The van der Waals surface area contributed by atoms with Crippen molar-refractivity contribution in [2.45, 2.75) is 56.5 Å². The van der Waals surface area contributed by atoms with E-state index in [4.69, 9.17) is 0 Å². The van der Waals surface area contributed by atoms with E-state index >= 15 is 0 Å². The summed E-state index contributed by atoms with van der Waals surface area (Å²) in [6.45, 7) is 0. The number of nitrogens with zero attached hydrogens (tertiary/aromatic N) is 4. The van der Waals surface area contributed by atoms with Crippen molar-refractivity contribution in [1.82, 2.24) is 25.1 Å². The van der Waals surface area contributed by atoms with Crippen molar-refractivity contribution in [3.8, 4) is 11.3 Å². The zero-order valence-electron chi connectivity index (χ0n) is 14.3. The van der Waals surface area contributed by atoms with Crippen LogP contribution in [0.15, 0.2) is 31.0 Å². The molecular formula is C18H21F2N5O. The summed E-state index contributed by atoms with van der Waals surface area (Å²) in [5.41, 5.74) is 1.79. The van der Waals surface area contributed by atoms with Gasteiger partial charge in [-0.05, 0) is 31.7 Å². The fraction of sp³-hybridized carbons (Fsp3) is 0.556. The average Bonchev–Trinajstić information content (AvgIpc) is 3.11. The van der Waals surface area contributed by atoms with E-state index in [2.05, 4.69) is 20.4 Å². The first kappa shape index (κ1) is 17.1. The van der Waals surface area contributed by atoms with Crippen LogP contribution in [0.25, 0.3) is 11.3 Å². The Morgan fingerprint density at radius 3 is 2.65 bits per heavy atom. The van der Waals surface area contributed by atoms with Gasteiger partial charge in [-0.3, -0.25) is 9.48 Å². The van der Waals surface area contributed by atoms with Gasteiger partial charge in [-0.1, -0.05) is 0 Å². The van der Waals surface area contributed by atoms with Crippen molar-refractivity contribution in [2.75, 3.05) is 0 Å². The highest BCUT2D eigenvalue weighted by Crippen LogP contribution is 2.42. The van der Waals surface area contributed by atoms with E-state index in [9.17, 15) is 13.6 Å². The highest BCUT2D eigenvalue weighted by atomic mass is 19.3. The van der Waals surface area contributed by atoms with Crippen LogP contribution in [0.4, 0.5) is 8.78 Å². The lowest BCUT2D eigenvalue weighted by atomic mass is 9.80. The average molecular weight is 361 g/mol. The molecule has 2 fully saturated rings. The number of amides is 1. The predicted molar refractivity (Wildman–Crippen MR) is 90.4 cm³/mol. The second-order valence-electron chi connectivity index (χ2n) is 7.28. The molecule has 2 saturated carbocycles. The maximum Gasteiger partial charge on any atom is 0.249 e. The minimum absolute atomic E-state index is 0.0740. The monoisotopic (exact) mass is 361 g/mol. The quantitative estimate of drug-likeness (QED) is 0.909. The van der Waals surface area contributed by atoms with Gasteiger partial charge in [0.25, 0.3) is 0 Å². The van der Waals surface area contributed by atoms with Gasteiger partial charge in [-0.2, -0.15) is 5.10 Å². The highest BCUT2D eigenvalue weighted by molar-refractivity contribution is 5.80. The highest BCUT2D eigenvalue weighted by Gasteiger charge is 2.48. The van der Waals surface area contributed by atoms with E-state index in [-0.39, 0.29) is 30.8 Å². The van der Waals surface area contributed by atoms with Crippen LogP contribution in [0, 0.1) is 5.92 Å². The molecule has 0 unspecified atom stereocenters. The van der Waals surface area contributed by atoms with Gasteiger partial charge in [0, 0.05) is 42.8 Å². The molecule has 8 heteroatoms. The number of carbonyl (C=O) groups is 1. The summed E-state index contributed by atoms with van der Waals surface area (Å²) in [6.07, 6.45) is 9.84. The van der Waals surface area contributed by atoms with Crippen LogP contribution in [0.3, 0.4) is 0 Å². The van der Waals surface area contributed by atoms with Crippen LogP contribution >= 0.6 is 0 Å². The third kappa shape index (κ3) is 3.59. The Morgan fingerprint density at radius 2 is 2.00 bits per heavy atom. The Balaban J connectivity index is 1.29. The molecule has 2 heterocycles. The third-order valence-electron chi connectivity index (χ3n) is 5.36. The molecule has 0 aliphatic heterocycles. The van der Waals surface area contributed by atoms with Crippen molar-refractivity contribution < 1.29 is 13.6 Å². The Kier molecular flexibility index (Phi) is 4.42. The van der Waals surface area contributed by atoms with Gasteiger partial charge in [0.05, 0.1) is 17.9 Å². The number of alkyl halides is 2. The molecule has 1 amide bonds. The van der Waals surface area contributed by atoms with Gasteiger partial charge in [-0.25, -0.2) is 18.7 Å². The van der Waals surface area contributed by atoms with Crippen molar-refractivity contribution in [3.63, 3.8) is 0 Å². The first-order chi connectivity index (χ1) is 12.5. The van der Waals surface area contributed by atoms with E-state index in [1.807, 2.05) is 16.9 Å². The van der Waals surface area contributed by atoms with Gasteiger partial charge >= 0.3 is 0 Å². The fourth-order valence-electron chi connectivity index (χ4n) is 3.78. The Bertz CT molecular complexity index is 763. The van der Waals surface area contributed by atoms with E-state index in [1.54, 1.807) is 12.4 Å². The van der Waals surface area contributed by atoms with E-state index in [0.717, 1.165) is 36.9 Å². The van der Waals surface area contributed by atoms with Gasteiger partial charge < -0.3 is 5.32 Å². The molecule has 0 atom stereocenters. The summed E-state index contributed by atoms with van der Waals surface area (Å²) in [7, 11) is 0. The molecule has 0 bridgehead atoms. The van der Waals surface area contributed by atoms with Gasteiger partial charge in [0.1, 0.15) is 6.33 Å². The van der Waals surface area contributed by atoms with Crippen LogP contribution in [0.1, 0.15) is 44.6 Å². The summed E-state index contributed by atoms with van der Waals surface area (Å²) >= 11 is 0. The van der Waals surface area contributed by atoms with Crippen LogP contribution in [0.5, 0.6) is 0 Å². The smallest absolute Gasteiger partial charge is 0.249 e. The lowest BCUT2D eigenvalue weighted by molar-refractivity contribution is -0.151. The number of carbonyl (C=O) groups excluding carboxylic acids is 1. The second kappa shape index (κ2) is 6.74. The molecule has 2 aliphatic rings. The summed E-state index contributed by atoms with van der Waals surface area (Å²) < 4.78 is 27.7. The van der Waals surface area contributed by atoms with Crippen molar-refractivity contribution in [2.24, 2.45) is 5.92 Å². The number of hydrogen-bond donors (Lipinski definition) is 1. The number of hydrogen-bond acceptors (Lipinski definition) is 4. The first-order valence-electron chi connectivity index (χ1n) is 8.99. The topological polar surface area (TPSA) is 72.7 Å². The molecule has 2 aliphatic carbocycles. The van der Waals surface area contributed by atoms with Crippen molar-refractivity contribution >= 4 is 5.91 Å². The number of rotatable bonds is 4. The van der Waals surface area contributed by atoms with Gasteiger partial charge in [-0.15, -0.1) is 0 Å². The zero-order chi connectivity index (χ0) is 18.1. The minimum Gasteiger partial charge on any atom is -0.353 e. The van der Waals surface area contributed by atoms with Crippen LogP contribution in [0.2, 0.25) is 0 Å². The molecule has 0 aromatic carbocycles. The molecular weight excluding hydrogens is 340 g/mol. The summed E-state index contributed by atoms with van der Waals surface area (Å²) in [4.78, 5) is 20.2. The van der Waals surface area contributed by atoms with Crippen LogP contribution in [-0.4, -0.2) is 37.6 Å². The molecule has 0 saturated heterocycles. The maximum atomic E-state index is 12.9. The number of aromatic nitrogens is 4.